The van der Waals surface area contributed by atoms with E-state index in [1.807, 2.05) is 6.08 Å². The molecule has 52 valence electrons. The molecule has 0 unspecified atom stereocenters. The molecular formula is C6H10BrNO. The van der Waals surface area contributed by atoms with Crippen LogP contribution in [-0.2, 0) is 4.79 Å². The first-order chi connectivity index (χ1) is 4.27. The standard InChI is InChI=1S/C6H10BrNO/c7-5-3-1-2-4-6(8)9/h3,5H,1-2,4H2,(H2,8,9)/b5-3+. The number of halogens is 1. The fourth-order valence-corrected chi connectivity index (χ4v) is 0.721. The van der Waals surface area contributed by atoms with Crippen LogP contribution < -0.4 is 5.73 Å². The van der Waals surface area contributed by atoms with Crippen LogP contribution in [0.3, 0.4) is 0 Å². The van der Waals surface area contributed by atoms with Crippen LogP contribution in [0.5, 0.6) is 0 Å². The van der Waals surface area contributed by atoms with Crippen molar-refractivity contribution in [2.45, 2.75) is 19.3 Å². The van der Waals surface area contributed by atoms with Gasteiger partial charge in [0, 0.05) is 6.42 Å². The Kier molecular flexibility index (Phi) is 5.62. The summed E-state index contributed by atoms with van der Waals surface area (Å²) in [5.74, 6) is -0.224. The van der Waals surface area contributed by atoms with Gasteiger partial charge < -0.3 is 5.73 Å². The van der Waals surface area contributed by atoms with Crippen LogP contribution >= 0.6 is 15.9 Å². The van der Waals surface area contributed by atoms with Crippen LogP contribution in [0.1, 0.15) is 19.3 Å². The van der Waals surface area contributed by atoms with Crippen molar-refractivity contribution in [3.63, 3.8) is 0 Å². The maximum atomic E-state index is 10.1. The molecule has 3 heteroatoms. The van der Waals surface area contributed by atoms with E-state index in [9.17, 15) is 4.79 Å². The summed E-state index contributed by atoms with van der Waals surface area (Å²) in [4.78, 5) is 11.9. The Morgan fingerprint density at radius 1 is 1.67 bits per heavy atom. The van der Waals surface area contributed by atoms with Crippen LogP contribution in [0.4, 0.5) is 0 Å². The molecule has 0 aromatic heterocycles. The second-order valence-corrected chi connectivity index (χ2v) is 2.25. The summed E-state index contributed by atoms with van der Waals surface area (Å²) in [6.07, 6.45) is 4.19. The minimum atomic E-state index is -0.224. The number of hydrogen-bond donors (Lipinski definition) is 1. The van der Waals surface area contributed by atoms with Gasteiger partial charge in [-0.2, -0.15) is 0 Å². The third-order valence-electron chi connectivity index (χ3n) is 0.883. The van der Waals surface area contributed by atoms with Gasteiger partial charge in [0.2, 0.25) is 5.91 Å². The second kappa shape index (κ2) is 5.82. The lowest BCUT2D eigenvalue weighted by Gasteiger charge is -1.88. The molecule has 0 saturated carbocycles. The average molecular weight is 192 g/mol. The summed E-state index contributed by atoms with van der Waals surface area (Å²) >= 11 is 3.12. The zero-order valence-electron chi connectivity index (χ0n) is 5.14. The first-order valence-corrected chi connectivity index (χ1v) is 3.72. The molecule has 0 fully saturated rings. The van der Waals surface area contributed by atoms with E-state index in [1.165, 1.54) is 0 Å². The summed E-state index contributed by atoms with van der Waals surface area (Å²) in [6, 6.07) is 0. The first kappa shape index (κ1) is 8.69. The van der Waals surface area contributed by atoms with Gasteiger partial charge in [0.25, 0.3) is 0 Å². The Hall–Kier alpha value is -0.310. The maximum absolute atomic E-state index is 10.1. The smallest absolute Gasteiger partial charge is 0.217 e. The third-order valence-corrected chi connectivity index (χ3v) is 1.26. The molecule has 0 aliphatic heterocycles. The normalized spacial score (nSPS) is 10.3. The van der Waals surface area contributed by atoms with Crippen molar-refractivity contribution in [2.75, 3.05) is 0 Å². The number of unbranched alkanes of at least 4 members (excludes halogenated alkanes) is 1. The van der Waals surface area contributed by atoms with E-state index in [2.05, 4.69) is 15.9 Å². The highest BCUT2D eigenvalue weighted by atomic mass is 79.9. The number of primary amides is 1. The number of carbonyl (C=O) groups excluding carboxylic acids is 1. The molecule has 0 aromatic carbocycles. The van der Waals surface area contributed by atoms with E-state index in [-0.39, 0.29) is 5.91 Å². The van der Waals surface area contributed by atoms with Gasteiger partial charge in [-0.3, -0.25) is 4.79 Å². The van der Waals surface area contributed by atoms with Gasteiger partial charge in [0.15, 0.2) is 0 Å². The molecule has 1 amide bonds. The average Bonchev–Trinajstić information content (AvgIpc) is 1.80. The predicted octanol–water partition coefficient (Wildman–Crippen LogP) is 1.55. The first-order valence-electron chi connectivity index (χ1n) is 2.81. The van der Waals surface area contributed by atoms with Crippen LogP contribution in [0.25, 0.3) is 0 Å². The molecule has 0 aliphatic rings. The summed E-state index contributed by atoms with van der Waals surface area (Å²) in [7, 11) is 0. The Morgan fingerprint density at radius 3 is 2.78 bits per heavy atom. The number of amides is 1. The van der Waals surface area contributed by atoms with Gasteiger partial charge in [-0.05, 0) is 17.8 Å². The summed E-state index contributed by atoms with van der Waals surface area (Å²) in [6.45, 7) is 0. The fraction of sp³-hybridized carbons (Fsp3) is 0.500. The quantitative estimate of drug-likeness (QED) is 0.674. The van der Waals surface area contributed by atoms with Gasteiger partial charge >= 0.3 is 0 Å². The summed E-state index contributed by atoms with van der Waals surface area (Å²) in [5, 5.41) is 0. The van der Waals surface area contributed by atoms with Gasteiger partial charge in [0.1, 0.15) is 0 Å². The van der Waals surface area contributed by atoms with Crippen molar-refractivity contribution < 1.29 is 4.79 Å². The zero-order valence-corrected chi connectivity index (χ0v) is 6.73. The Morgan fingerprint density at radius 2 is 2.33 bits per heavy atom. The molecule has 2 N–H and O–H groups in total. The van der Waals surface area contributed by atoms with Gasteiger partial charge in [-0.1, -0.05) is 22.0 Å². The molecule has 9 heavy (non-hydrogen) atoms. The Bertz CT molecular complexity index is 112. The van der Waals surface area contributed by atoms with E-state index in [0.29, 0.717) is 6.42 Å². The van der Waals surface area contributed by atoms with Crippen LogP contribution in [0, 0.1) is 0 Å². The molecule has 0 rings (SSSR count). The second-order valence-electron chi connectivity index (χ2n) is 1.72. The van der Waals surface area contributed by atoms with Crippen molar-refractivity contribution in [3.05, 3.63) is 11.1 Å². The molecule has 0 atom stereocenters. The molecule has 0 radical (unpaired) electrons. The van der Waals surface area contributed by atoms with Crippen LogP contribution in [0.15, 0.2) is 11.1 Å². The SMILES string of the molecule is NC(=O)CCC/C=C/Br. The lowest BCUT2D eigenvalue weighted by molar-refractivity contribution is -0.118. The number of nitrogens with two attached hydrogens (primary N) is 1. The van der Waals surface area contributed by atoms with E-state index in [4.69, 9.17) is 5.73 Å². The third kappa shape index (κ3) is 7.69. The summed E-state index contributed by atoms with van der Waals surface area (Å²) < 4.78 is 0. The molecule has 0 aromatic rings. The van der Waals surface area contributed by atoms with E-state index in [0.717, 1.165) is 12.8 Å². The van der Waals surface area contributed by atoms with Crippen LogP contribution in [-0.4, -0.2) is 5.91 Å². The van der Waals surface area contributed by atoms with Crippen molar-refractivity contribution >= 4 is 21.8 Å². The maximum Gasteiger partial charge on any atom is 0.217 e. The van der Waals surface area contributed by atoms with Gasteiger partial charge in [-0.15, -0.1) is 0 Å². The van der Waals surface area contributed by atoms with Crippen LogP contribution in [0.2, 0.25) is 0 Å². The number of rotatable bonds is 4. The predicted molar refractivity (Wildman–Crippen MR) is 41.1 cm³/mol. The Balaban J connectivity index is 3.01. The van der Waals surface area contributed by atoms with E-state index >= 15 is 0 Å². The minimum absolute atomic E-state index is 0.224. The fourth-order valence-electron chi connectivity index (χ4n) is 0.457. The van der Waals surface area contributed by atoms with Crippen molar-refractivity contribution in [1.82, 2.24) is 0 Å². The molecule has 0 heterocycles. The number of carbonyl (C=O) groups is 1. The molecular weight excluding hydrogens is 182 g/mol. The number of hydrogen-bond acceptors (Lipinski definition) is 1. The monoisotopic (exact) mass is 191 g/mol. The minimum Gasteiger partial charge on any atom is -0.370 e. The topological polar surface area (TPSA) is 43.1 Å². The van der Waals surface area contributed by atoms with E-state index < -0.39 is 0 Å². The largest absolute Gasteiger partial charge is 0.370 e. The van der Waals surface area contributed by atoms with Crippen molar-refractivity contribution in [3.8, 4) is 0 Å². The van der Waals surface area contributed by atoms with E-state index in [1.54, 1.807) is 4.99 Å². The highest BCUT2D eigenvalue weighted by Gasteiger charge is 1.89. The van der Waals surface area contributed by atoms with Crippen molar-refractivity contribution in [1.29, 1.82) is 0 Å². The lowest BCUT2D eigenvalue weighted by Crippen LogP contribution is -2.09. The van der Waals surface area contributed by atoms with Gasteiger partial charge in [-0.25, -0.2) is 0 Å². The highest BCUT2D eigenvalue weighted by molar-refractivity contribution is 9.11. The Labute approximate surface area is 63.2 Å². The highest BCUT2D eigenvalue weighted by Crippen LogP contribution is 1.96. The zero-order chi connectivity index (χ0) is 7.11. The van der Waals surface area contributed by atoms with Crippen molar-refractivity contribution in [2.24, 2.45) is 5.73 Å². The molecule has 0 aliphatic carbocycles. The molecule has 0 spiro atoms. The summed E-state index contributed by atoms with van der Waals surface area (Å²) in [5.41, 5.74) is 4.90. The number of allylic oxidation sites excluding steroid dienone is 1. The molecule has 0 saturated heterocycles. The lowest BCUT2D eigenvalue weighted by atomic mass is 10.2. The molecule has 2 nitrogen and oxygen atoms in total. The molecule has 0 bridgehead atoms. The van der Waals surface area contributed by atoms with Gasteiger partial charge in [0.05, 0.1) is 0 Å².